The van der Waals surface area contributed by atoms with Gasteiger partial charge in [0.25, 0.3) is 0 Å². The topological polar surface area (TPSA) is 91.6 Å². The first-order valence-corrected chi connectivity index (χ1v) is 12.5. The average Bonchev–Trinajstić information content (AvgIpc) is 3.26. The van der Waals surface area contributed by atoms with Crippen molar-refractivity contribution in [3.05, 3.63) is 48.3 Å². The van der Waals surface area contributed by atoms with E-state index < -0.39 is 9.84 Å². The van der Waals surface area contributed by atoms with Gasteiger partial charge >= 0.3 is 0 Å². The highest BCUT2D eigenvalue weighted by atomic mass is 127. The van der Waals surface area contributed by atoms with Crippen molar-refractivity contribution in [2.24, 2.45) is 4.99 Å². The molecule has 0 aliphatic carbocycles. The molecule has 0 unspecified atom stereocenters. The maximum Gasteiger partial charge on any atom is 0.191 e. The van der Waals surface area contributed by atoms with Crippen LogP contribution in [0.1, 0.15) is 25.3 Å². The first-order chi connectivity index (χ1) is 14.4. The second-order valence-corrected chi connectivity index (χ2v) is 9.97. The van der Waals surface area contributed by atoms with Crippen molar-refractivity contribution in [3.8, 4) is 5.69 Å². The zero-order valence-corrected chi connectivity index (χ0v) is 21.3. The van der Waals surface area contributed by atoms with Gasteiger partial charge in [0.2, 0.25) is 0 Å². The molecule has 0 spiro atoms. The van der Waals surface area contributed by atoms with Gasteiger partial charge in [-0.3, -0.25) is 0 Å². The largest absolute Gasteiger partial charge is 0.357 e. The number of hydrogen-bond acceptors (Lipinski definition) is 5. The van der Waals surface area contributed by atoms with E-state index in [4.69, 9.17) is 4.99 Å². The number of piperidine rings is 1. The highest BCUT2D eigenvalue weighted by molar-refractivity contribution is 14.0. The maximum atomic E-state index is 11.4. The predicted octanol–water partition coefficient (Wildman–Crippen LogP) is 2.05. The summed E-state index contributed by atoms with van der Waals surface area (Å²) in [6, 6.07) is 10.5. The van der Waals surface area contributed by atoms with Gasteiger partial charge in [0.15, 0.2) is 5.96 Å². The Balaban J connectivity index is 0.00000341. The smallest absolute Gasteiger partial charge is 0.191 e. The Bertz CT molecular complexity index is 925. The lowest BCUT2D eigenvalue weighted by molar-refractivity contribution is 0.216. The van der Waals surface area contributed by atoms with Crippen molar-refractivity contribution in [2.45, 2.75) is 32.4 Å². The van der Waals surface area contributed by atoms with Gasteiger partial charge in [0, 0.05) is 50.9 Å². The molecule has 1 saturated heterocycles. The number of hydrogen-bond donors (Lipinski definition) is 2. The number of rotatable bonds is 8. The third-order valence-corrected chi connectivity index (χ3v) is 6.07. The van der Waals surface area contributed by atoms with Crippen molar-refractivity contribution < 1.29 is 8.42 Å². The maximum absolute atomic E-state index is 11.4. The summed E-state index contributed by atoms with van der Waals surface area (Å²) in [7, 11) is -2.91. The van der Waals surface area contributed by atoms with E-state index in [0.29, 0.717) is 19.1 Å². The molecule has 1 aliphatic heterocycles. The molecule has 0 saturated carbocycles. The highest BCUT2D eigenvalue weighted by Crippen LogP contribution is 2.12. The van der Waals surface area contributed by atoms with Gasteiger partial charge in [-0.05, 0) is 43.5 Å². The molecule has 172 valence electrons. The van der Waals surface area contributed by atoms with Crippen LogP contribution in [0.15, 0.2) is 47.7 Å². The molecule has 0 radical (unpaired) electrons. The van der Waals surface area contributed by atoms with E-state index in [1.54, 1.807) is 6.20 Å². The lowest BCUT2D eigenvalue weighted by atomic mass is 10.1. The second-order valence-electron chi connectivity index (χ2n) is 7.71. The number of nitrogens with one attached hydrogen (secondary N) is 2. The standard InChI is InChI=1S/C21H32N6O2S.HI/c1-3-22-21(25-19-8-12-26(13-9-19)14-15-30(2,28)29)23-17-18-6-4-7-20(16-18)27-11-5-10-24-27;/h4-7,10-11,16,19H,3,8-9,12-15,17H2,1-2H3,(H2,22,23,25);1H. The van der Waals surface area contributed by atoms with Crippen LogP contribution >= 0.6 is 24.0 Å². The van der Waals surface area contributed by atoms with E-state index >= 15 is 0 Å². The summed E-state index contributed by atoms with van der Waals surface area (Å²) in [5.74, 6) is 1.05. The Morgan fingerprint density at radius 3 is 2.68 bits per heavy atom. The van der Waals surface area contributed by atoms with Crippen LogP contribution in [0.3, 0.4) is 0 Å². The monoisotopic (exact) mass is 560 g/mol. The van der Waals surface area contributed by atoms with Crippen LogP contribution in [0.25, 0.3) is 5.69 Å². The third kappa shape index (κ3) is 8.77. The number of sulfone groups is 1. The second kappa shape index (κ2) is 12.4. The van der Waals surface area contributed by atoms with Gasteiger partial charge in [-0.15, -0.1) is 24.0 Å². The van der Waals surface area contributed by atoms with E-state index in [9.17, 15) is 8.42 Å². The van der Waals surface area contributed by atoms with Crippen molar-refractivity contribution in [1.29, 1.82) is 0 Å². The van der Waals surface area contributed by atoms with Crippen LogP contribution in [0.4, 0.5) is 0 Å². The molecule has 31 heavy (non-hydrogen) atoms. The summed E-state index contributed by atoms with van der Waals surface area (Å²) in [6.45, 7) is 5.86. The molecular formula is C21H33IN6O2S. The Morgan fingerprint density at radius 2 is 2.03 bits per heavy atom. The first kappa shape index (κ1) is 25.6. The Labute approximate surface area is 202 Å². The number of halogens is 1. The van der Waals surface area contributed by atoms with Crippen LogP contribution in [-0.2, 0) is 16.4 Å². The van der Waals surface area contributed by atoms with E-state index in [-0.39, 0.29) is 29.7 Å². The van der Waals surface area contributed by atoms with Gasteiger partial charge in [0.1, 0.15) is 9.84 Å². The molecule has 0 bridgehead atoms. The number of aliphatic imine (C=N–C) groups is 1. The molecule has 1 aliphatic rings. The number of benzene rings is 1. The summed E-state index contributed by atoms with van der Waals surface area (Å²) in [6.07, 6.45) is 6.94. The molecule has 10 heteroatoms. The van der Waals surface area contributed by atoms with E-state index in [1.807, 2.05) is 29.1 Å². The minimum atomic E-state index is -2.91. The first-order valence-electron chi connectivity index (χ1n) is 10.5. The minimum absolute atomic E-state index is 0. The van der Waals surface area contributed by atoms with Crippen molar-refractivity contribution in [1.82, 2.24) is 25.3 Å². The van der Waals surface area contributed by atoms with E-state index in [0.717, 1.165) is 49.7 Å². The van der Waals surface area contributed by atoms with Gasteiger partial charge in [-0.1, -0.05) is 12.1 Å². The van der Waals surface area contributed by atoms with Crippen molar-refractivity contribution in [3.63, 3.8) is 0 Å². The van der Waals surface area contributed by atoms with Crippen LogP contribution in [0, 0.1) is 0 Å². The molecule has 1 fully saturated rings. The predicted molar refractivity (Wildman–Crippen MR) is 136 cm³/mol. The Kier molecular flexibility index (Phi) is 10.2. The molecule has 8 nitrogen and oxygen atoms in total. The number of likely N-dealkylation sites (tertiary alicyclic amines) is 1. The molecule has 0 atom stereocenters. The van der Waals surface area contributed by atoms with E-state index in [2.05, 4.69) is 39.7 Å². The average molecular weight is 561 g/mol. The zero-order chi connectivity index (χ0) is 21.4. The summed E-state index contributed by atoms with van der Waals surface area (Å²) in [5.41, 5.74) is 2.14. The summed E-state index contributed by atoms with van der Waals surface area (Å²) in [4.78, 5) is 6.99. The van der Waals surface area contributed by atoms with Crippen LogP contribution in [-0.4, -0.2) is 73.3 Å². The van der Waals surface area contributed by atoms with Gasteiger partial charge < -0.3 is 15.5 Å². The Morgan fingerprint density at radius 1 is 1.26 bits per heavy atom. The third-order valence-electron chi connectivity index (χ3n) is 5.15. The lowest BCUT2D eigenvalue weighted by Gasteiger charge is -2.32. The van der Waals surface area contributed by atoms with Gasteiger partial charge in [-0.2, -0.15) is 5.10 Å². The fraction of sp³-hybridized carbons (Fsp3) is 0.524. The molecule has 1 aromatic heterocycles. The molecule has 2 aromatic rings. The lowest BCUT2D eigenvalue weighted by Crippen LogP contribution is -2.49. The molecule has 0 amide bonds. The minimum Gasteiger partial charge on any atom is -0.357 e. The van der Waals surface area contributed by atoms with Crippen LogP contribution in [0.5, 0.6) is 0 Å². The Hall–Kier alpha value is -1.66. The summed E-state index contributed by atoms with van der Waals surface area (Å²) < 4.78 is 24.6. The quantitative estimate of drug-likeness (QED) is 0.292. The molecule has 2 N–H and O–H groups in total. The highest BCUT2D eigenvalue weighted by Gasteiger charge is 2.20. The van der Waals surface area contributed by atoms with E-state index in [1.165, 1.54) is 6.26 Å². The summed E-state index contributed by atoms with van der Waals surface area (Å²) >= 11 is 0. The molecule has 1 aromatic carbocycles. The van der Waals surface area contributed by atoms with Crippen molar-refractivity contribution >= 4 is 39.8 Å². The van der Waals surface area contributed by atoms with Gasteiger partial charge in [0.05, 0.1) is 18.0 Å². The molecule has 3 rings (SSSR count). The fourth-order valence-corrected chi connectivity index (χ4v) is 4.09. The number of guanidine groups is 1. The fourth-order valence-electron chi connectivity index (χ4n) is 3.50. The molecular weight excluding hydrogens is 527 g/mol. The van der Waals surface area contributed by atoms with Crippen LogP contribution < -0.4 is 10.6 Å². The zero-order valence-electron chi connectivity index (χ0n) is 18.2. The summed E-state index contributed by atoms with van der Waals surface area (Å²) in [5, 5.41) is 11.1. The van der Waals surface area contributed by atoms with Crippen molar-refractivity contribution in [2.75, 3.05) is 38.2 Å². The SMILES string of the molecule is CCNC(=NCc1cccc(-n2cccn2)c1)NC1CCN(CCS(C)(=O)=O)CC1.I. The number of nitrogens with zero attached hydrogens (tertiary/aromatic N) is 4. The normalized spacial score (nSPS) is 16.0. The van der Waals surface area contributed by atoms with Gasteiger partial charge in [-0.25, -0.2) is 18.1 Å². The van der Waals surface area contributed by atoms with Crippen LogP contribution in [0.2, 0.25) is 0 Å². The number of aromatic nitrogens is 2. The molecule has 2 heterocycles.